The number of amides is 3. The van der Waals surface area contributed by atoms with Gasteiger partial charge in [-0.15, -0.1) is 0 Å². The summed E-state index contributed by atoms with van der Waals surface area (Å²) in [5, 5.41) is 5.49. The molecular formula is C21H27FN6O2. The molecule has 160 valence electrons. The van der Waals surface area contributed by atoms with Crippen LogP contribution in [0.5, 0.6) is 0 Å². The van der Waals surface area contributed by atoms with E-state index in [9.17, 15) is 14.0 Å². The second-order valence-corrected chi connectivity index (χ2v) is 7.83. The Morgan fingerprint density at radius 1 is 1.27 bits per heavy atom. The Kier molecular flexibility index (Phi) is 6.49. The number of carbonyl (C=O) groups is 2. The number of carbonyl (C=O) groups excluding carboxylic acids is 2. The summed E-state index contributed by atoms with van der Waals surface area (Å²) < 4.78 is 13.8. The van der Waals surface area contributed by atoms with E-state index >= 15 is 0 Å². The fourth-order valence-electron chi connectivity index (χ4n) is 3.35. The lowest BCUT2D eigenvalue weighted by molar-refractivity contribution is 0.0941. The Bertz CT molecular complexity index is 933. The Morgan fingerprint density at radius 3 is 2.67 bits per heavy atom. The number of aromatic nitrogens is 2. The third-order valence-electron chi connectivity index (χ3n) is 4.85. The topological polar surface area (TPSA) is 90.5 Å². The number of benzene rings is 1. The van der Waals surface area contributed by atoms with Gasteiger partial charge in [-0.3, -0.25) is 4.79 Å². The molecule has 3 rings (SSSR count). The number of hydrogen-bond donors (Lipinski definition) is 2. The molecule has 1 aromatic carbocycles. The number of nitrogens with one attached hydrogen (secondary N) is 2. The molecule has 1 atom stereocenters. The second-order valence-electron chi connectivity index (χ2n) is 7.83. The van der Waals surface area contributed by atoms with Gasteiger partial charge < -0.3 is 20.4 Å². The smallest absolute Gasteiger partial charge is 0.321 e. The van der Waals surface area contributed by atoms with Crippen molar-refractivity contribution in [1.82, 2.24) is 20.2 Å². The average Bonchev–Trinajstić information content (AvgIpc) is 3.19. The first-order valence-electron chi connectivity index (χ1n) is 9.91. The lowest BCUT2D eigenvalue weighted by Crippen LogP contribution is -2.34. The van der Waals surface area contributed by atoms with Gasteiger partial charge in [0.25, 0.3) is 5.91 Å². The zero-order valence-corrected chi connectivity index (χ0v) is 17.6. The molecule has 8 nitrogen and oxygen atoms in total. The van der Waals surface area contributed by atoms with Crippen molar-refractivity contribution in [3.63, 3.8) is 0 Å². The van der Waals surface area contributed by atoms with Crippen LogP contribution in [0, 0.1) is 5.82 Å². The van der Waals surface area contributed by atoms with Gasteiger partial charge in [-0.25, -0.2) is 19.2 Å². The van der Waals surface area contributed by atoms with E-state index in [1.165, 1.54) is 18.3 Å². The highest BCUT2D eigenvalue weighted by Crippen LogP contribution is 2.30. The summed E-state index contributed by atoms with van der Waals surface area (Å²) in [6, 6.07) is 5.64. The number of para-hydroxylation sites is 1. The summed E-state index contributed by atoms with van der Waals surface area (Å²) in [5.41, 5.74) is 1.17. The minimum Gasteiger partial charge on any atom is -0.350 e. The zero-order chi connectivity index (χ0) is 21.8. The molecule has 0 radical (unpaired) electrons. The average molecular weight is 414 g/mol. The normalized spacial score (nSPS) is 15.9. The molecule has 0 saturated carbocycles. The maximum atomic E-state index is 13.8. The van der Waals surface area contributed by atoms with Gasteiger partial charge >= 0.3 is 6.03 Å². The summed E-state index contributed by atoms with van der Waals surface area (Å²) in [6.45, 7) is 4.64. The summed E-state index contributed by atoms with van der Waals surface area (Å²) in [4.78, 5) is 37.5. The third-order valence-corrected chi connectivity index (χ3v) is 4.85. The minimum absolute atomic E-state index is 0.0227. The largest absolute Gasteiger partial charge is 0.350 e. The molecule has 1 aliphatic rings. The first kappa shape index (κ1) is 21.5. The number of rotatable bonds is 5. The SMILES string of the molecule is CC(C)NC(=O)c1cnc(N(C)C)nc1C1CCN(C(=O)Nc2ccccc2F)C1. The van der Waals surface area contributed by atoms with Crippen molar-refractivity contribution in [2.45, 2.75) is 32.2 Å². The molecule has 0 bridgehead atoms. The van der Waals surface area contributed by atoms with E-state index in [4.69, 9.17) is 0 Å². The molecule has 1 unspecified atom stereocenters. The van der Waals surface area contributed by atoms with E-state index in [2.05, 4.69) is 20.6 Å². The monoisotopic (exact) mass is 414 g/mol. The van der Waals surface area contributed by atoms with Gasteiger partial charge in [0.1, 0.15) is 5.82 Å². The van der Waals surface area contributed by atoms with Crippen molar-refractivity contribution in [1.29, 1.82) is 0 Å². The van der Waals surface area contributed by atoms with Gasteiger partial charge in [-0.1, -0.05) is 12.1 Å². The number of likely N-dealkylation sites (tertiary alicyclic amines) is 1. The molecule has 2 aromatic rings. The van der Waals surface area contributed by atoms with Crippen LogP contribution in [-0.2, 0) is 0 Å². The molecule has 9 heteroatoms. The molecule has 2 heterocycles. The minimum atomic E-state index is -0.485. The number of hydrogen-bond acceptors (Lipinski definition) is 5. The standard InChI is InChI=1S/C21H27FN6O2/c1-13(2)24-19(29)15-11-23-20(27(3)4)26-18(15)14-9-10-28(12-14)21(30)25-17-8-6-5-7-16(17)22/h5-8,11,13-14H,9-10,12H2,1-4H3,(H,24,29)(H,25,30). The Labute approximate surface area is 175 Å². The molecule has 30 heavy (non-hydrogen) atoms. The Hall–Kier alpha value is -3.23. The molecular weight excluding hydrogens is 387 g/mol. The number of halogens is 1. The van der Waals surface area contributed by atoms with E-state index in [1.807, 2.05) is 27.9 Å². The number of anilines is 2. The van der Waals surface area contributed by atoms with Crippen LogP contribution in [0.2, 0.25) is 0 Å². The number of urea groups is 1. The molecule has 1 fully saturated rings. The zero-order valence-electron chi connectivity index (χ0n) is 17.6. The molecule has 1 saturated heterocycles. The predicted molar refractivity (Wildman–Crippen MR) is 113 cm³/mol. The highest BCUT2D eigenvalue weighted by atomic mass is 19.1. The molecule has 0 aliphatic carbocycles. The van der Waals surface area contributed by atoms with Gasteiger partial charge in [0.2, 0.25) is 5.95 Å². The van der Waals surface area contributed by atoms with Crippen molar-refractivity contribution in [2.75, 3.05) is 37.4 Å². The number of nitrogens with zero attached hydrogens (tertiary/aromatic N) is 4. The lowest BCUT2D eigenvalue weighted by atomic mass is 9.99. The van der Waals surface area contributed by atoms with Crippen molar-refractivity contribution in [3.8, 4) is 0 Å². The lowest BCUT2D eigenvalue weighted by Gasteiger charge is -2.20. The van der Waals surface area contributed by atoms with Crippen LogP contribution in [0.3, 0.4) is 0 Å². The summed E-state index contributed by atoms with van der Waals surface area (Å²) in [6.07, 6.45) is 2.19. The molecule has 2 N–H and O–H groups in total. The van der Waals surface area contributed by atoms with Crippen molar-refractivity contribution >= 4 is 23.6 Å². The maximum Gasteiger partial charge on any atom is 0.321 e. The van der Waals surface area contributed by atoms with E-state index < -0.39 is 5.82 Å². The van der Waals surface area contributed by atoms with Gasteiger partial charge in [-0.05, 0) is 32.4 Å². The van der Waals surface area contributed by atoms with E-state index in [-0.39, 0.29) is 29.6 Å². The summed E-state index contributed by atoms with van der Waals surface area (Å²) in [5.74, 6) is -0.341. The Morgan fingerprint density at radius 2 is 2.00 bits per heavy atom. The third kappa shape index (κ3) is 4.84. The van der Waals surface area contributed by atoms with Crippen LogP contribution in [0.1, 0.15) is 42.2 Å². The first-order chi connectivity index (χ1) is 14.3. The van der Waals surface area contributed by atoms with Crippen LogP contribution in [-0.4, -0.2) is 60.0 Å². The summed E-state index contributed by atoms with van der Waals surface area (Å²) >= 11 is 0. The van der Waals surface area contributed by atoms with E-state index in [1.54, 1.807) is 21.9 Å². The van der Waals surface area contributed by atoms with Crippen LogP contribution in [0.15, 0.2) is 30.5 Å². The van der Waals surface area contributed by atoms with Gasteiger partial charge in [0.05, 0.1) is 16.9 Å². The van der Waals surface area contributed by atoms with Crippen LogP contribution in [0.4, 0.5) is 20.8 Å². The summed E-state index contributed by atoms with van der Waals surface area (Å²) in [7, 11) is 3.66. The van der Waals surface area contributed by atoms with Crippen LogP contribution >= 0.6 is 0 Å². The predicted octanol–water partition coefficient (Wildman–Crippen LogP) is 2.84. The quantitative estimate of drug-likeness (QED) is 0.785. The van der Waals surface area contributed by atoms with Gasteiger partial charge in [-0.2, -0.15) is 0 Å². The second kappa shape index (κ2) is 9.06. The van der Waals surface area contributed by atoms with Crippen molar-refractivity contribution < 1.29 is 14.0 Å². The first-order valence-corrected chi connectivity index (χ1v) is 9.91. The van der Waals surface area contributed by atoms with E-state index in [0.29, 0.717) is 36.7 Å². The van der Waals surface area contributed by atoms with Crippen molar-refractivity contribution in [2.24, 2.45) is 0 Å². The molecule has 1 aliphatic heterocycles. The van der Waals surface area contributed by atoms with E-state index in [0.717, 1.165) is 0 Å². The van der Waals surface area contributed by atoms with Gasteiger partial charge in [0, 0.05) is 45.3 Å². The fraction of sp³-hybridized carbons (Fsp3) is 0.429. The van der Waals surface area contributed by atoms with Crippen molar-refractivity contribution in [3.05, 3.63) is 47.5 Å². The fourth-order valence-corrected chi connectivity index (χ4v) is 3.35. The highest BCUT2D eigenvalue weighted by Gasteiger charge is 2.32. The van der Waals surface area contributed by atoms with Crippen LogP contribution < -0.4 is 15.5 Å². The Balaban J connectivity index is 1.80. The van der Waals surface area contributed by atoms with Crippen LogP contribution in [0.25, 0.3) is 0 Å². The highest BCUT2D eigenvalue weighted by molar-refractivity contribution is 5.95. The maximum absolute atomic E-state index is 13.8. The molecule has 1 aromatic heterocycles. The molecule has 0 spiro atoms. The molecule has 3 amide bonds. The van der Waals surface area contributed by atoms with Gasteiger partial charge in [0.15, 0.2) is 0 Å².